The number of hydrogen-bond acceptors (Lipinski definition) is 17. The maximum Gasteiger partial charge on any atom is 0.407 e. The number of tetrazole rings is 1. The number of carboxylic acids is 2. The predicted octanol–water partition coefficient (Wildman–Crippen LogP) is -0.254. The van der Waals surface area contributed by atoms with E-state index < -0.39 is 58.7 Å². The molecular weight excluding hydrogens is 683 g/mol. The quantitative estimate of drug-likeness (QED) is 0.0554. The molecule has 0 radical (unpaired) electrons. The number of nitrogens with two attached hydrogens (primary N) is 1. The Kier molecular flexibility index (Phi) is 11.2. The summed E-state index contributed by atoms with van der Waals surface area (Å²) in [6.07, 6.45) is -1.45. The van der Waals surface area contributed by atoms with Crippen molar-refractivity contribution in [1.29, 1.82) is 0 Å². The number of anilines is 1. The fraction of sp³-hybridized carbons (Fsp3) is 0.542. The van der Waals surface area contributed by atoms with Crippen LogP contribution in [0, 0.1) is 0 Å². The Morgan fingerprint density at radius 3 is 2.64 bits per heavy atom. The maximum absolute atomic E-state index is 13.2. The van der Waals surface area contributed by atoms with Crippen LogP contribution in [0.25, 0.3) is 0 Å². The van der Waals surface area contributed by atoms with Gasteiger partial charge < -0.3 is 36.2 Å². The number of alkyl carbamates (subject to hydrolysis) is 1. The second kappa shape index (κ2) is 14.9. The molecule has 0 bridgehead atoms. The molecule has 2 aliphatic heterocycles. The molecule has 20 nitrogen and oxygen atoms in total. The highest BCUT2D eigenvalue weighted by Crippen LogP contribution is 2.41. The van der Waals surface area contributed by atoms with Gasteiger partial charge in [0.2, 0.25) is 22.8 Å². The summed E-state index contributed by atoms with van der Waals surface area (Å²) >= 11 is 3.19. The minimum atomic E-state index is -1.41. The van der Waals surface area contributed by atoms with Gasteiger partial charge in [0.05, 0.1) is 0 Å². The van der Waals surface area contributed by atoms with Gasteiger partial charge in [-0.25, -0.2) is 19.1 Å². The number of rotatable bonds is 14. The molecule has 4 heterocycles. The number of oxime groups is 1. The number of aliphatic carboxylic acids is 2. The van der Waals surface area contributed by atoms with Crippen LogP contribution in [-0.4, -0.2) is 121 Å². The number of amides is 3. The number of carboxylic acid groups (broad SMARTS) is 2. The van der Waals surface area contributed by atoms with Crippen molar-refractivity contribution in [2.24, 2.45) is 5.16 Å². The van der Waals surface area contributed by atoms with E-state index in [-0.39, 0.29) is 28.2 Å². The Morgan fingerprint density at radius 1 is 1.26 bits per heavy atom. The molecule has 1 fully saturated rings. The zero-order valence-corrected chi connectivity index (χ0v) is 27.8. The van der Waals surface area contributed by atoms with Crippen molar-refractivity contribution < 1.29 is 43.8 Å². The number of nitrogens with one attached hydrogen (secondary N) is 2. The largest absolute Gasteiger partial charge is 0.478 e. The minimum absolute atomic E-state index is 0.00591. The molecule has 3 atom stereocenters. The molecule has 254 valence electrons. The zero-order valence-electron chi connectivity index (χ0n) is 25.4. The summed E-state index contributed by atoms with van der Waals surface area (Å²) in [5.41, 5.74) is 4.72. The summed E-state index contributed by atoms with van der Waals surface area (Å²) in [6.45, 7) is 7.16. The van der Waals surface area contributed by atoms with Crippen LogP contribution in [-0.2, 0) is 35.3 Å². The number of β-lactam (4-membered cyclic amide) rings is 1. The number of nitrogen functional groups attached to an aromatic ring is 1. The Hall–Kier alpha value is -4.51. The SMILES string of the molecule is CC(ON=C(C(=O)NC1C(=O)N2C(C(=O)O)=C(CSc3nnnn3CCCNC(=O)OC(C)(C)C)CS[C@@H]12)c1nsc(N)n1)C(=O)O. The van der Waals surface area contributed by atoms with Gasteiger partial charge in [-0.15, -0.1) is 16.9 Å². The molecule has 0 aliphatic carbocycles. The van der Waals surface area contributed by atoms with Crippen molar-refractivity contribution in [3.63, 3.8) is 0 Å². The molecule has 4 rings (SSSR count). The standard InChI is InChI=1S/C24H31N11O9S3/c1-10(19(38)39)44-30-12(15-28-21(25)47-31-15)16(36)27-13-17(37)35-14(20(40)41)11(8-45-18(13)35)9-46-22-29-32-33-34(22)7-5-6-26-23(42)43-24(2,3)4/h10,13,18H,5-9H2,1-4H3,(H,26,42)(H,27,36)(H,38,39)(H,40,41)(H2,25,28,31)/t10?,13?,18-/m0/s1. The van der Waals surface area contributed by atoms with E-state index in [1.54, 1.807) is 20.8 Å². The van der Waals surface area contributed by atoms with E-state index in [4.69, 9.17) is 20.4 Å². The van der Waals surface area contributed by atoms with E-state index in [9.17, 15) is 29.1 Å². The Balaban J connectivity index is 1.39. The van der Waals surface area contributed by atoms with E-state index in [0.717, 1.165) is 16.4 Å². The second-order valence-corrected chi connectivity index (χ2v) is 13.7. The first kappa shape index (κ1) is 35.3. The normalized spacial score (nSPS) is 18.6. The van der Waals surface area contributed by atoms with Crippen molar-refractivity contribution in [3.05, 3.63) is 17.1 Å². The lowest BCUT2D eigenvalue weighted by molar-refractivity contribution is -0.150. The van der Waals surface area contributed by atoms with Crippen LogP contribution in [0.15, 0.2) is 21.6 Å². The van der Waals surface area contributed by atoms with Gasteiger partial charge in [0.25, 0.3) is 11.8 Å². The summed E-state index contributed by atoms with van der Waals surface area (Å²) in [5, 5.41) is 39.1. The first-order chi connectivity index (χ1) is 22.2. The van der Waals surface area contributed by atoms with Gasteiger partial charge >= 0.3 is 18.0 Å². The second-order valence-electron chi connectivity index (χ2n) is 10.9. The highest BCUT2D eigenvalue weighted by atomic mass is 32.2. The molecule has 2 aliphatic rings. The highest BCUT2D eigenvalue weighted by Gasteiger charge is 2.54. The predicted molar refractivity (Wildman–Crippen MR) is 166 cm³/mol. The van der Waals surface area contributed by atoms with Crippen LogP contribution in [0.4, 0.5) is 9.93 Å². The van der Waals surface area contributed by atoms with Crippen LogP contribution < -0.4 is 16.4 Å². The van der Waals surface area contributed by atoms with Crippen LogP contribution in [0.5, 0.6) is 0 Å². The fourth-order valence-corrected chi connectivity index (χ4v) is 6.84. The number of fused-ring (bicyclic) bond motifs is 1. The Labute approximate surface area is 279 Å². The van der Waals surface area contributed by atoms with E-state index >= 15 is 0 Å². The average molecular weight is 714 g/mol. The molecule has 2 aromatic heterocycles. The van der Waals surface area contributed by atoms with Gasteiger partial charge in [0.15, 0.2) is 5.13 Å². The van der Waals surface area contributed by atoms with Gasteiger partial charge in [-0.3, -0.25) is 14.5 Å². The average Bonchev–Trinajstić information content (AvgIpc) is 3.63. The molecule has 0 spiro atoms. The summed E-state index contributed by atoms with van der Waals surface area (Å²) < 4.78 is 10.6. The molecule has 2 aromatic rings. The van der Waals surface area contributed by atoms with Crippen molar-refractivity contribution >= 4 is 75.7 Å². The number of ether oxygens (including phenoxy) is 1. The van der Waals surface area contributed by atoms with Gasteiger partial charge in [-0.1, -0.05) is 16.9 Å². The zero-order chi connectivity index (χ0) is 34.5. The van der Waals surface area contributed by atoms with Crippen LogP contribution in [0.2, 0.25) is 0 Å². The van der Waals surface area contributed by atoms with Gasteiger partial charge in [-0.2, -0.15) is 9.36 Å². The number of carbonyl (C=O) groups is 5. The number of aromatic nitrogens is 6. The van der Waals surface area contributed by atoms with E-state index in [2.05, 4.69) is 40.7 Å². The number of thioether (sulfide) groups is 2. The number of hydrogen-bond donors (Lipinski definition) is 5. The van der Waals surface area contributed by atoms with Gasteiger partial charge in [-0.05, 0) is 50.1 Å². The molecule has 0 saturated carbocycles. The molecule has 1 saturated heterocycles. The van der Waals surface area contributed by atoms with Crippen molar-refractivity contribution in [1.82, 2.24) is 45.1 Å². The van der Waals surface area contributed by atoms with Gasteiger partial charge in [0, 0.05) is 36.1 Å². The molecule has 0 aromatic carbocycles. The highest BCUT2D eigenvalue weighted by molar-refractivity contribution is 8.01. The lowest BCUT2D eigenvalue weighted by Crippen LogP contribution is -2.71. The summed E-state index contributed by atoms with van der Waals surface area (Å²) in [5.74, 6) is -4.15. The summed E-state index contributed by atoms with van der Waals surface area (Å²) in [4.78, 5) is 71.5. The Morgan fingerprint density at radius 2 is 2.00 bits per heavy atom. The molecule has 3 amide bonds. The molecular formula is C24H31N11O9S3. The van der Waals surface area contributed by atoms with Crippen LogP contribution in [0.1, 0.15) is 39.9 Å². The number of carbonyl (C=O) groups excluding carboxylic acids is 3. The summed E-state index contributed by atoms with van der Waals surface area (Å²) in [6, 6.07) is -1.13. The van der Waals surface area contributed by atoms with E-state index in [1.807, 2.05) is 0 Å². The van der Waals surface area contributed by atoms with Crippen molar-refractivity contribution in [2.75, 3.05) is 23.8 Å². The smallest absolute Gasteiger partial charge is 0.407 e. The molecule has 23 heteroatoms. The molecule has 6 N–H and O–H groups in total. The lowest BCUT2D eigenvalue weighted by atomic mass is 10.0. The Bertz CT molecular complexity index is 1600. The minimum Gasteiger partial charge on any atom is -0.478 e. The third-order valence-corrected chi connectivity index (χ3v) is 9.07. The maximum atomic E-state index is 13.2. The topological polar surface area (TPSA) is 279 Å². The number of aryl methyl sites for hydroxylation is 1. The van der Waals surface area contributed by atoms with Gasteiger partial charge in [0.1, 0.15) is 22.7 Å². The van der Waals surface area contributed by atoms with Crippen LogP contribution >= 0.6 is 35.1 Å². The van der Waals surface area contributed by atoms with E-state index in [1.165, 1.54) is 35.1 Å². The fourth-order valence-electron chi connectivity index (χ4n) is 4.02. The van der Waals surface area contributed by atoms with Crippen LogP contribution in [0.3, 0.4) is 0 Å². The van der Waals surface area contributed by atoms with Crippen molar-refractivity contribution in [3.8, 4) is 0 Å². The van der Waals surface area contributed by atoms with E-state index in [0.29, 0.717) is 30.2 Å². The third-order valence-electron chi connectivity index (χ3n) is 6.14. The lowest BCUT2D eigenvalue weighted by Gasteiger charge is -2.49. The molecule has 47 heavy (non-hydrogen) atoms. The first-order valence-electron chi connectivity index (χ1n) is 13.8. The number of nitrogens with zero attached hydrogens (tertiary/aromatic N) is 8. The summed E-state index contributed by atoms with van der Waals surface area (Å²) in [7, 11) is 0. The third kappa shape index (κ3) is 8.85. The monoisotopic (exact) mass is 713 g/mol. The molecule has 2 unspecified atom stereocenters. The first-order valence-corrected chi connectivity index (χ1v) is 16.6. The van der Waals surface area contributed by atoms with Crippen molar-refractivity contribution in [2.45, 2.75) is 68.9 Å².